The van der Waals surface area contributed by atoms with Crippen LogP contribution in [0, 0.1) is 0 Å². The van der Waals surface area contributed by atoms with E-state index in [0.29, 0.717) is 24.9 Å². The second-order valence-corrected chi connectivity index (χ2v) is 9.14. The molecule has 6 nitrogen and oxygen atoms in total. The minimum Gasteiger partial charge on any atom is -0.489 e. The minimum atomic E-state index is -0.0615. The van der Waals surface area contributed by atoms with E-state index in [-0.39, 0.29) is 23.1 Å². The second kappa shape index (κ2) is 14.8. The molecule has 4 aromatic carbocycles. The van der Waals surface area contributed by atoms with Gasteiger partial charge in [0.05, 0.1) is 12.6 Å². The molecule has 0 spiro atoms. The predicted octanol–water partition coefficient (Wildman–Crippen LogP) is 7.32. The fraction of sp³-hybridized carbons (Fsp3) is 0.182. The fourth-order valence-electron chi connectivity index (χ4n) is 4.37. The van der Waals surface area contributed by atoms with Gasteiger partial charge in [0.2, 0.25) is 5.88 Å². The zero-order chi connectivity index (χ0) is 26.7. The summed E-state index contributed by atoms with van der Waals surface area (Å²) >= 11 is 0. The van der Waals surface area contributed by atoms with Crippen molar-refractivity contribution < 1.29 is 26.5 Å². The molecule has 0 bridgehead atoms. The van der Waals surface area contributed by atoms with Crippen LogP contribution in [0.2, 0.25) is 0 Å². The number of anilines is 1. The van der Waals surface area contributed by atoms with Crippen molar-refractivity contribution in [3.05, 3.63) is 138 Å². The average Bonchev–Trinajstić information content (AvgIpc) is 3.80. The molecule has 0 saturated heterocycles. The number of benzene rings is 2. The van der Waals surface area contributed by atoms with Gasteiger partial charge in [-0.2, -0.15) is 35.4 Å². The first kappa shape index (κ1) is 28.8. The molecule has 1 aliphatic heterocycles. The number of rotatable bonds is 9. The third-order valence-electron chi connectivity index (χ3n) is 6.29. The molecule has 2 heterocycles. The van der Waals surface area contributed by atoms with Crippen molar-refractivity contribution in [2.24, 2.45) is 5.10 Å². The Morgan fingerprint density at radius 3 is 2.27 bits per heavy atom. The summed E-state index contributed by atoms with van der Waals surface area (Å²) < 4.78 is 11.9. The van der Waals surface area contributed by atoms with Crippen LogP contribution in [-0.2, 0) is 23.7 Å². The summed E-state index contributed by atoms with van der Waals surface area (Å²) in [6.07, 6.45) is 1.66. The summed E-state index contributed by atoms with van der Waals surface area (Å²) in [6, 6.07) is 40.3. The number of nitrogens with zero attached hydrogens (tertiary/aromatic N) is 4. The normalized spacial score (nSPS) is 14.0. The van der Waals surface area contributed by atoms with E-state index in [2.05, 4.69) is 47.5 Å². The molecule has 0 aliphatic carbocycles. The number of para-hydroxylation sites is 1. The Bertz CT molecular complexity index is 1400. The maximum atomic E-state index is 6.28. The van der Waals surface area contributed by atoms with Gasteiger partial charge >= 0.3 is 17.1 Å². The van der Waals surface area contributed by atoms with E-state index >= 15 is 0 Å². The molecule has 0 N–H and O–H groups in total. The number of hydrogen-bond donors (Lipinski definition) is 0. The van der Waals surface area contributed by atoms with E-state index < -0.39 is 0 Å². The largest absolute Gasteiger partial charge is 2.00 e. The minimum absolute atomic E-state index is 0. The quantitative estimate of drug-likeness (QED) is 0.137. The van der Waals surface area contributed by atoms with E-state index in [9.17, 15) is 0 Å². The third-order valence-corrected chi connectivity index (χ3v) is 6.29. The topological polar surface area (TPSA) is 59.8 Å². The van der Waals surface area contributed by atoms with Crippen LogP contribution in [0.1, 0.15) is 42.5 Å². The second-order valence-electron chi connectivity index (χ2n) is 9.14. The number of hydrazone groups is 1. The summed E-state index contributed by atoms with van der Waals surface area (Å²) in [4.78, 5) is 0. The van der Waals surface area contributed by atoms with Crippen molar-refractivity contribution in [2.75, 3.05) is 11.6 Å². The fourth-order valence-corrected chi connectivity index (χ4v) is 4.37. The molecule has 0 radical (unpaired) electrons. The Balaban J connectivity index is 0.000000557. The van der Waals surface area contributed by atoms with Crippen molar-refractivity contribution >= 4 is 11.5 Å². The van der Waals surface area contributed by atoms with Crippen LogP contribution < -0.4 is 14.5 Å². The average molecular weight is 572 g/mol. The van der Waals surface area contributed by atoms with Crippen LogP contribution >= 0.6 is 0 Å². The molecule has 1 aliphatic rings. The van der Waals surface area contributed by atoms with Gasteiger partial charge < -0.3 is 9.47 Å². The molecule has 7 heteroatoms. The van der Waals surface area contributed by atoms with Gasteiger partial charge in [-0.15, -0.1) is 15.8 Å². The van der Waals surface area contributed by atoms with Crippen molar-refractivity contribution in [3.8, 4) is 11.6 Å². The Morgan fingerprint density at radius 1 is 0.850 bits per heavy atom. The molecule has 40 heavy (non-hydrogen) atoms. The maximum absolute atomic E-state index is 6.28. The van der Waals surface area contributed by atoms with Gasteiger partial charge in [0, 0.05) is 23.8 Å². The Hall–Kier alpha value is -4.19. The van der Waals surface area contributed by atoms with E-state index in [1.54, 1.807) is 0 Å². The monoisotopic (exact) mass is 572 g/mol. The molecule has 0 fully saturated rings. The van der Waals surface area contributed by atoms with Gasteiger partial charge in [-0.1, -0.05) is 55.5 Å². The molecule has 204 valence electrons. The van der Waals surface area contributed by atoms with Crippen LogP contribution in [0.3, 0.4) is 0 Å². The molecule has 0 saturated carbocycles. The van der Waals surface area contributed by atoms with Gasteiger partial charge in [0.25, 0.3) is 0 Å². The van der Waals surface area contributed by atoms with E-state index in [0.717, 1.165) is 41.0 Å². The van der Waals surface area contributed by atoms with Gasteiger partial charge in [0.1, 0.15) is 12.4 Å². The van der Waals surface area contributed by atoms with Crippen LogP contribution in [0.4, 0.5) is 5.82 Å². The predicted molar refractivity (Wildman–Crippen MR) is 155 cm³/mol. The van der Waals surface area contributed by atoms with Gasteiger partial charge in [-0.3, -0.25) is 0 Å². The van der Waals surface area contributed by atoms with Gasteiger partial charge in [-0.25, -0.2) is 29.3 Å². The SMILES string of the molecule is CCCOc1ccc(N2N=C([c-]3cccc3)CC2c2ccccc2OCc2ccccc2)nn1.[Fe+2].c1cc[cH-]c1. The maximum Gasteiger partial charge on any atom is 2.00 e. The molecular formula is C33H32FeN4O2. The molecular weight excluding hydrogens is 540 g/mol. The first-order valence-corrected chi connectivity index (χ1v) is 13.3. The molecule has 1 atom stereocenters. The molecule has 0 amide bonds. The van der Waals surface area contributed by atoms with Gasteiger partial charge in [0.15, 0.2) is 5.82 Å². The standard InChI is InChI=1S/C28H27N4O2.C5H5.Fe/c1-2-18-33-28-17-16-27(29-30-28)32-25(19-24(31-32)22-12-6-7-13-22)23-14-8-9-15-26(23)34-20-21-10-4-3-5-11-21;1-2-4-5-3-1;/h3-17,25H,2,18-20H2,1H3;1-5H;/q2*-1;+2. The Morgan fingerprint density at radius 2 is 1.60 bits per heavy atom. The van der Waals surface area contributed by atoms with Crippen molar-refractivity contribution in [2.45, 2.75) is 32.4 Å². The van der Waals surface area contributed by atoms with E-state index in [4.69, 9.17) is 14.6 Å². The van der Waals surface area contributed by atoms with Crippen molar-refractivity contribution in [1.29, 1.82) is 0 Å². The zero-order valence-corrected chi connectivity index (χ0v) is 23.5. The summed E-state index contributed by atoms with van der Waals surface area (Å²) in [7, 11) is 0. The van der Waals surface area contributed by atoms with Crippen molar-refractivity contribution in [3.63, 3.8) is 0 Å². The van der Waals surface area contributed by atoms with Crippen LogP contribution in [0.5, 0.6) is 11.6 Å². The zero-order valence-electron chi connectivity index (χ0n) is 22.4. The van der Waals surface area contributed by atoms with Crippen molar-refractivity contribution in [1.82, 2.24) is 10.2 Å². The summed E-state index contributed by atoms with van der Waals surface area (Å²) in [5.74, 6) is 2.04. The number of ether oxygens (including phenoxy) is 2. The molecule has 5 aromatic rings. The Kier molecular flexibility index (Phi) is 10.7. The number of aromatic nitrogens is 2. The molecule has 6 rings (SSSR count). The van der Waals surface area contributed by atoms with Crippen LogP contribution in [-0.4, -0.2) is 22.5 Å². The van der Waals surface area contributed by atoms with Gasteiger partial charge in [-0.05, 0) is 24.1 Å². The smallest absolute Gasteiger partial charge is 0.489 e. The summed E-state index contributed by atoms with van der Waals surface area (Å²) in [5, 5.41) is 15.6. The van der Waals surface area contributed by atoms with E-state index in [1.165, 1.54) is 0 Å². The number of hydrogen-bond acceptors (Lipinski definition) is 6. The molecule has 1 aromatic heterocycles. The van der Waals surface area contributed by atoms with E-state index in [1.807, 2.05) is 96.0 Å². The summed E-state index contributed by atoms with van der Waals surface area (Å²) in [6.45, 7) is 3.18. The third kappa shape index (κ3) is 7.47. The first-order chi connectivity index (χ1) is 19.3. The van der Waals surface area contributed by atoms with Crippen LogP contribution in [0.15, 0.2) is 126 Å². The summed E-state index contributed by atoms with van der Waals surface area (Å²) in [5.41, 5.74) is 4.33. The Labute approximate surface area is 246 Å². The first-order valence-electron chi connectivity index (χ1n) is 13.3. The van der Waals surface area contributed by atoms with Crippen LogP contribution in [0.25, 0.3) is 0 Å². The molecule has 1 unspecified atom stereocenters.